The largest absolute Gasteiger partial charge is 0.320 e. The molecule has 0 saturated carbocycles. The van der Waals surface area contributed by atoms with Gasteiger partial charge in [-0.15, -0.1) is 0 Å². The highest BCUT2D eigenvalue weighted by Crippen LogP contribution is 2.48. The van der Waals surface area contributed by atoms with E-state index in [1.54, 1.807) is 5.56 Å². The topological polar surface area (TPSA) is 0 Å². The molecular weight excluding hydrogens is 278 g/mol. The molecule has 0 radical (unpaired) electrons. The van der Waals surface area contributed by atoms with Crippen molar-refractivity contribution in [3.63, 3.8) is 0 Å². The normalized spacial score (nSPS) is 30.1. The monoisotopic (exact) mass is 302 g/mol. The van der Waals surface area contributed by atoms with Crippen LogP contribution in [0.1, 0.15) is 30.9 Å². The maximum atomic E-state index is 2.50. The van der Waals surface area contributed by atoms with E-state index in [2.05, 4.69) is 61.6 Å². The van der Waals surface area contributed by atoms with Crippen molar-refractivity contribution in [3.05, 3.63) is 60.2 Å². The first-order valence-corrected chi connectivity index (χ1v) is 8.99. The molecule has 2 bridgehead atoms. The first kappa shape index (κ1) is 13.6. The van der Waals surface area contributed by atoms with Gasteiger partial charge in [-0.25, -0.2) is 0 Å². The molecule has 6 rings (SSSR count). The fourth-order valence-electron chi connectivity index (χ4n) is 5.17. The fraction of sp³-hybridized carbons (Fsp3) is 0.364. The summed E-state index contributed by atoms with van der Waals surface area (Å²) in [6.45, 7) is 2.71. The standard InChI is InChI=1S/C22H24N/c1-23-12-10-16(11-13-23)14-21(23)22-19-8-4-2-6-17(19)15-18-7-3-5-9-20(18)22/h2-9,15-16,21H,10-14H2,1H3/q+1. The molecule has 1 atom stereocenters. The Hall–Kier alpha value is -1.86. The molecule has 0 amide bonds. The zero-order chi connectivity index (χ0) is 15.4. The average molecular weight is 302 g/mol. The van der Waals surface area contributed by atoms with E-state index in [9.17, 15) is 0 Å². The van der Waals surface area contributed by atoms with Crippen LogP contribution in [0.4, 0.5) is 0 Å². The van der Waals surface area contributed by atoms with Crippen molar-refractivity contribution < 1.29 is 4.48 Å². The highest BCUT2D eigenvalue weighted by molar-refractivity contribution is 6.02. The van der Waals surface area contributed by atoms with Gasteiger partial charge in [0.05, 0.1) is 20.1 Å². The van der Waals surface area contributed by atoms with Gasteiger partial charge >= 0.3 is 0 Å². The van der Waals surface area contributed by atoms with E-state index >= 15 is 0 Å². The molecule has 3 saturated heterocycles. The van der Waals surface area contributed by atoms with E-state index in [1.807, 2.05) is 0 Å². The molecule has 3 aliphatic heterocycles. The third-order valence-electron chi connectivity index (χ3n) is 6.55. The summed E-state index contributed by atoms with van der Waals surface area (Å²) >= 11 is 0. The van der Waals surface area contributed by atoms with Gasteiger partial charge in [-0.05, 0) is 46.4 Å². The molecule has 3 aromatic rings. The van der Waals surface area contributed by atoms with Crippen LogP contribution in [-0.4, -0.2) is 24.6 Å². The summed E-state index contributed by atoms with van der Waals surface area (Å²) in [7, 11) is 2.50. The molecule has 0 aliphatic carbocycles. The van der Waals surface area contributed by atoms with Crippen LogP contribution in [0.3, 0.4) is 0 Å². The summed E-state index contributed by atoms with van der Waals surface area (Å²) in [4.78, 5) is 0. The summed E-state index contributed by atoms with van der Waals surface area (Å²) in [5, 5.41) is 5.75. The lowest BCUT2D eigenvalue weighted by Crippen LogP contribution is -2.57. The van der Waals surface area contributed by atoms with Crippen molar-refractivity contribution in [2.75, 3.05) is 20.1 Å². The highest BCUT2D eigenvalue weighted by atomic mass is 15.4. The fourth-order valence-corrected chi connectivity index (χ4v) is 5.17. The minimum absolute atomic E-state index is 0.665. The molecule has 3 aromatic carbocycles. The van der Waals surface area contributed by atoms with Gasteiger partial charge in [0, 0.05) is 12.0 Å². The average Bonchev–Trinajstić information content (AvgIpc) is 2.60. The van der Waals surface area contributed by atoms with Gasteiger partial charge in [0.2, 0.25) is 0 Å². The first-order chi connectivity index (χ1) is 11.2. The zero-order valence-electron chi connectivity index (χ0n) is 13.8. The molecule has 3 aliphatic rings. The van der Waals surface area contributed by atoms with Crippen molar-refractivity contribution in [2.45, 2.75) is 25.3 Å². The minimum Gasteiger partial charge on any atom is -0.320 e. The first-order valence-electron chi connectivity index (χ1n) is 8.99. The number of rotatable bonds is 1. The second-order valence-electron chi connectivity index (χ2n) is 7.85. The summed E-state index contributed by atoms with van der Waals surface area (Å²) in [5.41, 5.74) is 1.62. The second kappa shape index (κ2) is 4.82. The number of hydrogen-bond donors (Lipinski definition) is 0. The lowest BCUT2D eigenvalue weighted by molar-refractivity contribution is -0.954. The molecule has 1 unspecified atom stereocenters. The van der Waals surface area contributed by atoms with E-state index in [4.69, 9.17) is 0 Å². The molecule has 116 valence electrons. The van der Waals surface area contributed by atoms with Gasteiger partial charge in [-0.1, -0.05) is 48.5 Å². The van der Waals surface area contributed by atoms with Gasteiger partial charge in [-0.2, -0.15) is 0 Å². The van der Waals surface area contributed by atoms with Crippen LogP contribution in [0.2, 0.25) is 0 Å². The quantitative estimate of drug-likeness (QED) is 0.423. The molecule has 0 aromatic heterocycles. The number of quaternary nitrogens is 1. The van der Waals surface area contributed by atoms with E-state index in [0.29, 0.717) is 6.04 Å². The summed E-state index contributed by atoms with van der Waals surface area (Å²) in [6.07, 6.45) is 4.22. The lowest BCUT2D eigenvalue weighted by Gasteiger charge is -2.52. The van der Waals surface area contributed by atoms with Crippen LogP contribution >= 0.6 is 0 Å². The van der Waals surface area contributed by atoms with Gasteiger partial charge in [0.1, 0.15) is 6.04 Å². The summed E-state index contributed by atoms with van der Waals surface area (Å²) in [5.74, 6) is 0.942. The van der Waals surface area contributed by atoms with Gasteiger partial charge in [0.15, 0.2) is 0 Å². The number of benzene rings is 3. The molecule has 23 heavy (non-hydrogen) atoms. The third kappa shape index (κ3) is 1.96. The Balaban J connectivity index is 1.85. The predicted octanol–water partition coefficient (Wildman–Crippen LogP) is 5.29. The van der Waals surface area contributed by atoms with E-state index in [0.717, 1.165) is 5.92 Å². The molecule has 0 spiro atoms. The van der Waals surface area contributed by atoms with Crippen LogP contribution in [-0.2, 0) is 0 Å². The van der Waals surface area contributed by atoms with E-state index in [-0.39, 0.29) is 0 Å². The van der Waals surface area contributed by atoms with Crippen LogP contribution in [0.5, 0.6) is 0 Å². The Morgan fingerprint density at radius 2 is 1.39 bits per heavy atom. The van der Waals surface area contributed by atoms with Crippen molar-refractivity contribution in [1.29, 1.82) is 0 Å². The number of fused-ring (bicyclic) bond motifs is 5. The smallest absolute Gasteiger partial charge is 0.116 e. The Morgan fingerprint density at radius 3 is 1.96 bits per heavy atom. The molecule has 0 N–H and O–H groups in total. The Bertz CT molecular complexity index is 833. The molecule has 3 fully saturated rings. The molecule has 3 heterocycles. The second-order valence-corrected chi connectivity index (χ2v) is 7.85. The lowest BCUT2D eigenvalue weighted by atomic mass is 9.76. The minimum atomic E-state index is 0.665. The van der Waals surface area contributed by atoms with Gasteiger partial charge < -0.3 is 4.48 Å². The summed E-state index contributed by atoms with van der Waals surface area (Å²) in [6, 6.07) is 21.0. The van der Waals surface area contributed by atoms with Crippen molar-refractivity contribution in [1.82, 2.24) is 0 Å². The molecular formula is C22H24N+. The number of piperidine rings is 3. The Kier molecular flexibility index (Phi) is 2.84. The van der Waals surface area contributed by atoms with Crippen molar-refractivity contribution in [3.8, 4) is 0 Å². The molecule has 1 nitrogen and oxygen atoms in total. The van der Waals surface area contributed by atoms with E-state index in [1.165, 1.54) is 58.4 Å². The van der Waals surface area contributed by atoms with Crippen LogP contribution in [0.15, 0.2) is 54.6 Å². The Labute approximate surface area is 138 Å². The van der Waals surface area contributed by atoms with Crippen LogP contribution < -0.4 is 0 Å². The van der Waals surface area contributed by atoms with E-state index < -0.39 is 0 Å². The maximum Gasteiger partial charge on any atom is 0.116 e. The predicted molar refractivity (Wildman–Crippen MR) is 97.5 cm³/mol. The van der Waals surface area contributed by atoms with Gasteiger partial charge in [-0.3, -0.25) is 0 Å². The van der Waals surface area contributed by atoms with Crippen LogP contribution in [0.25, 0.3) is 21.5 Å². The van der Waals surface area contributed by atoms with Crippen molar-refractivity contribution in [2.24, 2.45) is 5.92 Å². The number of hydrogen-bond acceptors (Lipinski definition) is 0. The molecule has 1 heteroatoms. The maximum absolute atomic E-state index is 2.50. The summed E-state index contributed by atoms with van der Waals surface area (Å²) < 4.78 is 1.24. The van der Waals surface area contributed by atoms with Crippen LogP contribution in [0, 0.1) is 5.92 Å². The van der Waals surface area contributed by atoms with Gasteiger partial charge in [0.25, 0.3) is 0 Å². The third-order valence-corrected chi connectivity index (χ3v) is 6.55. The SMILES string of the molecule is C[N+]12CCC(CC1)CC2c1c2ccccc2cc2ccccc12. The number of nitrogens with zero attached hydrogens (tertiary/aromatic N) is 1. The zero-order valence-corrected chi connectivity index (χ0v) is 13.8. The highest BCUT2D eigenvalue weighted by Gasteiger charge is 2.46. The van der Waals surface area contributed by atoms with Crippen molar-refractivity contribution >= 4 is 21.5 Å². The Morgan fingerprint density at radius 1 is 0.826 bits per heavy atom.